The average molecular weight is 336 g/mol. The zero-order valence-corrected chi connectivity index (χ0v) is 12.9. The van der Waals surface area contributed by atoms with Crippen LogP contribution in [-0.4, -0.2) is 25.5 Å². The molecule has 0 aliphatic heterocycles. The third kappa shape index (κ3) is 7.56. The van der Waals surface area contributed by atoms with Crippen LogP contribution in [0.15, 0.2) is 53.0 Å². The van der Waals surface area contributed by atoms with E-state index in [4.69, 9.17) is 0 Å². The monoisotopic (exact) mass is 335 g/mol. The third-order valence-electron chi connectivity index (χ3n) is 2.23. The van der Waals surface area contributed by atoms with Crippen LogP contribution in [0.5, 0.6) is 0 Å². The van der Waals surface area contributed by atoms with E-state index in [0.717, 1.165) is 13.0 Å². The first kappa shape index (κ1) is 16.7. The molecule has 94 valence electrons. The summed E-state index contributed by atoms with van der Waals surface area (Å²) in [5.74, 6) is 0. The molecule has 2 aromatic rings. The van der Waals surface area contributed by atoms with Gasteiger partial charge in [-0.3, -0.25) is 0 Å². The van der Waals surface area contributed by atoms with Crippen molar-refractivity contribution < 1.29 is 17.1 Å². The van der Waals surface area contributed by atoms with E-state index in [-0.39, 0.29) is 17.1 Å². The summed E-state index contributed by atoms with van der Waals surface area (Å²) in [7, 11) is 4.19. The van der Waals surface area contributed by atoms with Gasteiger partial charge >= 0.3 is 17.1 Å². The molecule has 0 radical (unpaired) electrons. The topological polar surface area (TPSA) is 3.24 Å². The fraction of sp³-hybridized carbons (Fsp3) is 0.286. The van der Waals surface area contributed by atoms with Gasteiger partial charge in [-0.1, -0.05) is 26.8 Å². The van der Waals surface area contributed by atoms with E-state index in [0.29, 0.717) is 0 Å². The Morgan fingerprint density at radius 2 is 1.82 bits per heavy atom. The number of rotatable bonds is 3. The summed E-state index contributed by atoms with van der Waals surface area (Å²) in [6, 6.07) is 16.3. The summed E-state index contributed by atoms with van der Waals surface area (Å²) in [6.45, 7) is 1.11. The van der Waals surface area contributed by atoms with Gasteiger partial charge in [-0.2, -0.15) is 35.9 Å². The van der Waals surface area contributed by atoms with Crippen LogP contribution in [0, 0.1) is 0 Å². The SMILES string of the molecule is CN(C)CCc1cc[cH-]c1Br.[Fe+2].c1cc[cH-]c1. The Bertz CT molecular complexity index is 348. The van der Waals surface area contributed by atoms with Gasteiger partial charge in [0.1, 0.15) is 0 Å². The van der Waals surface area contributed by atoms with Crippen molar-refractivity contribution in [3.05, 3.63) is 58.6 Å². The zero-order chi connectivity index (χ0) is 11.8. The minimum absolute atomic E-state index is 0. The van der Waals surface area contributed by atoms with Crippen molar-refractivity contribution in [1.29, 1.82) is 0 Å². The van der Waals surface area contributed by atoms with Gasteiger partial charge in [0.15, 0.2) is 0 Å². The Hall–Kier alpha value is -0.341. The predicted octanol–water partition coefficient (Wildman–Crippen LogP) is 3.68. The maximum atomic E-state index is 3.50. The first-order chi connectivity index (χ1) is 7.70. The molecule has 0 N–H and O–H groups in total. The van der Waals surface area contributed by atoms with Gasteiger partial charge in [-0.15, -0.1) is 0 Å². The molecule has 17 heavy (non-hydrogen) atoms. The Morgan fingerprint density at radius 1 is 1.18 bits per heavy atom. The molecule has 0 atom stereocenters. The summed E-state index contributed by atoms with van der Waals surface area (Å²) < 4.78 is 1.24. The Balaban J connectivity index is 0.000000360. The van der Waals surface area contributed by atoms with Crippen molar-refractivity contribution >= 4 is 15.9 Å². The molecule has 1 nitrogen and oxygen atoms in total. The summed E-state index contributed by atoms with van der Waals surface area (Å²) in [5, 5.41) is 0. The molecule has 0 amide bonds. The zero-order valence-electron chi connectivity index (χ0n) is 10.2. The van der Waals surface area contributed by atoms with Crippen LogP contribution >= 0.6 is 15.9 Å². The van der Waals surface area contributed by atoms with Gasteiger partial charge in [0, 0.05) is 0 Å². The normalized spacial score (nSPS) is 9.41. The summed E-state index contributed by atoms with van der Waals surface area (Å²) in [6.07, 6.45) is 1.13. The van der Waals surface area contributed by atoms with Crippen molar-refractivity contribution in [2.75, 3.05) is 20.6 Å². The van der Waals surface area contributed by atoms with Crippen LogP contribution in [0.2, 0.25) is 0 Å². The van der Waals surface area contributed by atoms with E-state index in [1.165, 1.54) is 10.0 Å². The summed E-state index contributed by atoms with van der Waals surface area (Å²) in [4.78, 5) is 2.19. The van der Waals surface area contributed by atoms with Crippen LogP contribution in [0.1, 0.15) is 5.56 Å². The number of halogens is 1. The van der Waals surface area contributed by atoms with Crippen molar-refractivity contribution in [3.63, 3.8) is 0 Å². The second kappa shape index (κ2) is 9.67. The maximum absolute atomic E-state index is 3.50. The number of nitrogens with zero attached hydrogens (tertiary/aromatic N) is 1. The average Bonchev–Trinajstić information content (AvgIpc) is 2.88. The van der Waals surface area contributed by atoms with Gasteiger partial charge < -0.3 is 4.90 Å². The molecule has 0 bridgehead atoms. The van der Waals surface area contributed by atoms with Crippen molar-refractivity contribution in [2.24, 2.45) is 0 Å². The van der Waals surface area contributed by atoms with Crippen molar-refractivity contribution in [2.45, 2.75) is 6.42 Å². The Labute approximate surface area is 123 Å². The standard InChI is InChI=1S/C9H13BrN.C5H5.Fe/c1-11(2)7-6-8-4-3-5-9(8)10;1-2-4-5-3-1;/h3-5H,6-7H2,1-2H3;1-5H;/q2*-1;+2. The fourth-order valence-corrected chi connectivity index (χ4v) is 1.79. The van der Waals surface area contributed by atoms with Gasteiger partial charge in [-0.25, -0.2) is 18.2 Å². The predicted molar refractivity (Wildman–Crippen MR) is 74.0 cm³/mol. The van der Waals surface area contributed by atoms with E-state index in [1.54, 1.807) is 0 Å². The molecule has 0 aromatic heterocycles. The van der Waals surface area contributed by atoms with Crippen LogP contribution in [0.4, 0.5) is 0 Å². The molecule has 0 saturated heterocycles. The molecule has 0 spiro atoms. The Morgan fingerprint density at radius 3 is 2.18 bits per heavy atom. The molecule has 0 saturated carbocycles. The first-order valence-corrected chi connectivity index (χ1v) is 6.21. The second-order valence-corrected chi connectivity index (χ2v) is 4.77. The molecule has 2 aromatic carbocycles. The Kier molecular flexibility index (Phi) is 9.47. The van der Waals surface area contributed by atoms with Crippen molar-refractivity contribution in [3.8, 4) is 0 Å². The number of hydrogen-bond acceptors (Lipinski definition) is 1. The molecule has 0 heterocycles. The summed E-state index contributed by atoms with van der Waals surface area (Å²) >= 11 is 3.50. The van der Waals surface area contributed by atoms with Crippen LogP contribution in [0.25, 0.3) is 0 Å². The van der Waals surface area contributed by atoms with E-state index in [9.17, 15) is 0 Å². The van der Waals surface area contributed by atoms with E-state index < -0.39 is 0 Å². The molecular weight excluding hydrogens is 318 g/mol. The minimum Gasteiger partial charge on any atom is -0.310 e. The van der Waals surface area contributed by atoms with E-state index in [1.807, 2.05) is 30.3 Å². The van der Waals surface area contributed by atoms with Crippen LogP contribution < -0.4 is 0 Å². The molecule has 0 unspecified atom stereocenters. The molecule has 0 fully saturated rings. The largest absolute Gasteiger partial charge is 2.00 e. The summed E-state index contributed by atoms with van der Waals surface area (Å²) in [5.41, 5.74) is 1.40. The number of hydrogen-bond donors (Lipinski definition) is 0. The molecular formula is C14H18BrFeN. The van der Waals surface area contributed by atoms with Crippen molar-refractivity contribution in [1.82, 2.24) is 4.90 Å². The fourth-order valence-electron chi connectivity index (χ4n) is 1.30. The molecule has 2 rings (SSSR count). The molecule has 3 heteroatoms. The minimum atomic E-state index is 0. The third-order valence-corrected chi connectivity index (χ3v) is 3.00. The quantitative estimate of drug-likeness (QED) is 0.611. The maximum Gasteiger partial charge on any atom is 2.00 e. The second-order valence-electron chi connectivity index (χ2n) is 3.91. The van der Waals surface area contributed by atoms with E-state index in [2.05, 4.69) is 53.1 Å². The molecule has 0 aliphatic rings. The van der Waals surface area contributed by atoms with Gasteiger partial charge in [0.05, 0.1) is 0 Å². The first-order valence-electron chi connectivity index (χ1n) is 5.41. The van der Waals surface area contributed by atoms with Gasteiger partial charge in [0.25, 0.3) is 0 Å². The van der Waals surface area contributed by atoms with Crippen LogP contribution in [-0.2, 0) is 23.5 Å². The smallest absolute Gasteiger partial charge is 0.310 e. The number of likely N-dealkylation sites (N-methyl/N-ethyl adjacent to an activating group) is 1. The molecule has 0 aliphatic carbocycles. The van der Waals surface area contributed by atoms with Gasteiger partial charge in [0.2, 0.25) is 0 Å². The van der Waals surface area contributed by atoms with E-state index >= 15 is 0 Å². The van der Waals surface area contributed by atoms with Crippen LogP contribution in [0.3, 0.4) is 0 Å². The van der Waals surface area contributed by atoms with Gasteiger partial charge in [-0.05, 0) is 20.6 Å².